The fourth-order valence-electron chi connectivity index (χ4n) is 3.60. The zero-order valence-electron chi connectivity index (χ0n) is 17.1. The third-order valence-corrected chi connectivity index (χ3v) is 6.58. The van der Waals surface area contributed by atoms with Crippen LogP contribution < -0.4 is 18.9 Å². The van der Waals surface area contributed by atoms with E-state index in [1.54, 1.807) is 20.3 Å². The molecule has 0 aromatic heterocycles. The molecule has 0 saturated carbocycles. The van der Waals surface area contributed by atoms with Crippen LogP contribution >= 0.6 is 11.8 Å². The van der Waals surface area contributed by atoms with Crippen molar-refractivity contribution in [2.24, 2.45) is 0 Å². The summed E-state index contributed by atoms with van der Waals surface area (Å²) >= 11 is 1.88. The van der Waals surface area contributed by atoms with Crippen LogP contribution in [0.5, 0.6) is 23.0 Å². The molecular formula is C23H25NO5S. The summed E-state index contributed by atoms with van der Waals surface area (Å²) in [6, 6.07) is 11.7. The predicted molar refractivity (Wildman–Crippen MR) is 118 cm³/mol. The summed E-state index contributed by atoms with van der Waals surface area (Å²) in [6.07, 6.45) is 4.35. The lowest BCUT2D eigenvalue weighted by Gasteiger charge is -2.18. The number of methoxy groups -OCH3 is 2. The molecule has 2 aromatic rings. The average Bonchev–Trinajstić information content (AvgIpc) is 3.11. The molecule has 1 unspecified atom stereocenters. The Balaban J connectivity index is 1.38. The molecule has 0 radical (unpaired) electrons. The van der Waals surface area contributed by atoms with Gasteiger partial charge < -0.3 is 23.8 Å². The molecule has 2 aliphatic heterocycles. The van der Waals surface area contributed by atoms with Crippen molar-refractivity contribution < 1.29 is 23.7 Å². The van der Waals surface area contributed by atoms with Crippen LogP contribution in [0.3, 0.4) is 0 Å². The van der Waals surface area contributed by atoms with E-state index in [2.05, 4.69) is 12.1 Å². The Labute approximate surface area is 180 Å². The fourth-order valence-corrected chi connectivity index (χ4v) is 4.82. The largest absolute Gasteiger partial charge is 0.493 e. The normalized spacial score (nSPS) is 18.3. The van der Waals surface area contributed by atoms with Crippen LogP contribution in [0.25, 0.3) is 6.08 Å². The summed E-state index contributed by atoms with van der Waals surface area (Å²) < 4.78 is 21.5. The van der Waals surface area contributed by atoms with Crippen molar-refractivity contribution >= 4 is 23.7 Å². The smallest absolute Gasteiger partial charge is 0.246 e. The van der Waals surface area contributed by atoms with Crippen LogP contribution in [-0.2, 0) is 4.79 Å². The number of rotatable bonds is 5. The number of carbonyl (C=O) groups excluding carboxylic acids is 1. The van der Waals surface area contributed by atoms with Crippen LogP contribution in [-0.4, -0.2) is 50.7 Å². The van der Waals surface area contributed by atoms with E-state index in [4.69, 9.17) is 18.9 Å². The first-order valence-corrected chi connectivity index (χ1v) is 10.9. The molecule has 1 atom stereocenters. The number of ether oxygens (including phenoxy) is 4. The van der Waals surface area contributed by atoms with Crippen LogP contribution in [0.15, 0.2) is 42.5 Å². The van der Waals surface area contributed by atoms with Crippen molar-refractivity contribution in [3.8, 4) is 23.0 Å². The van der Waals surface area contributed by atoms with E-state index >= 15 is 0 Å². The van der Waals surface area contributed by atoms with Crippen LogP contribution in [0.1, 0.15) is 22.8 Å². The highest BCUT2D eigenvalue weighted by molar-refractivity contribution is 7.99. The Morgan fingerprint density at radius 3 is 2.73 bits per heavy atom. The van der Waals surface area contributed by atoms with Gasteiger partial charge in [-0.05, 0) is 47.9 Å². The van der Waals surface area contributed by atoms with Crippen LogP contribution in [0.4, 0.5) is 0 Å². The molecule has 0 N–H and O–H groups in total. The zero-order chi connectivity index (χ0) is 20.9. The van der Waals surface area contributed by atoms with E-state index in [0.29, 0.717) is 16.7 Å². The van der Waals surface area contributed by atoms with Gasteiger partial charge in [0.1, 0.15) is 0 Å². The number of hydrogen-bond acceptors (Lipinski definition) is 6. The number of fused-ring (bicyclic) bond motifs is 1. The summed E-state index contributed by atoms with van der Waals surface area (Å²) in [4.78, 5) is 14.6. The molecule has 30 heavy (non-hydrogen) atoms. The molecule has 2 aromatic carbocycles. The quantitative estimate of drug-likeness (QED) is 0.668. The van der Waals surface area contributed by atoms with Gasteiger partial charge in [0.2, 0.25) is 12.7 Å². The SMILES string of the molecule is COc1ccc(/C=C/C(=O)N2CCSC(c3ccc4c(c3)OCO4)CC2)cc1OC. The second-order valence-corrected chi connectivity index (χ2v) is 8.34. The van der Waals surface area contributed by atoms with Gasteiger partial charge in [-0.2, -0.15) is 11.8 Å². The number of benzene rings is 2. The van der Waals surface area contributed by atoms with E-state index in [9.17, 15) is 4.79 Å². The van der Waals surface area contributed by atoms with Gasteiger partial charge in [0.15, 0.2) is 23.0 Å². The second-order valence-electron chi connectivity index (χ2n) is 7.03. The molecule has 0 aliphatic carbocycles. The molecule has 6 nitrogen and oxygen atoms in total. The summed E-state index contributed by atoms with van der Waals surface area (Å²) in [5.41, 5.74) is 2.11. The highest BCUT2D eigenvalue weighted by atomic mass is 32.2. The first-order valence-electron chi connectivity index (χ1n) is 9.88. The minimum Gasteiger partial charge on any atom is -0.493 e. The van der Waals surface area contributed by atoms with E-state index in [1.165, 1.54) is 5.56 Å². The topological polar surface area (TPSA) is 57.2 Å². The lowest BCUT2D eigenvalue weighted by molar-refractivity contribution is -0.125. The Morgan fingerprint density at radius 2 is 1.90 bits per heavy atom. The molecule has 158 valence electrons. The van der Waals surface area contributed by atoms with Crippen molar-refractivity contribution in [2.45, 2.75) is 11.7 Å². The maximum absolute atomic E-state index is 12.7. The minimum absolute atomic E-state index is 0.0247. The molecule has 1 amide bonds. The van der Waals surface area contributed by atoms with Gasteiger partial charge in [0.05, 0.1) is 14.2 Å². The standard InChI is InChI=1S/C23H25NO5S/c1-26-18-6-3-16(13-20(18)27-2)4-8-23(25)24-10-9-22(30-12-11-24)17-5-7-19-21(14-17)29-15-28-19/h3-8,13-14,22H,9-12,15H2,1-2H3/b8-4+. The highest BCUT2D eigenvalue weighted by Crippen LogP contribution is 2.40. The molecule has 2 heterocycles. The van der Waals surface area contributed by atoms with Crippen molar-refractivity contribution in [1.82, 2.24) is 4.90 Å². The van der Waals surface area contributed by atoms with Crippen LogP contribution in [0.2, 0.25) is 0 Å². The second kappa shape index (κ2) is 9.34. The molecular weight excluding hydrogens is 402 g/mol. The molecule has 4 rings (SSSR count). The molecule has 1 fully saturated rings. The Morgan fingerprint density at radius 1 is 1.07 bits per heavy atom. The van der Waals surface area contributed by atoms with Gasteiger partial charge in [-0.15, -0.1) is 0 Å². The van der Waals surface area contributed by atoms with Crippen molar-refractivity contribution in [3.05, 3.63) is 53.6 Å². The summed E-state index contributed by atoms with van der Waals surface area (Å²) in [6.45, 7) is 1.74. The van der Waals surface area contributed by atoms with Crippen LogP contribution in [0, 0.1) is 0 Å². The van der Waals surface area contributed by atoms with Crippen molar-refractivity contribution in [2.75, 3.05) is 39.9 Å². The molecule has 2 aliphatic rings. The van der Waals surface area contributed by atoms with E-state index < -0.39 is 0 Å². The number of carbonyl (C=O) groups is 1. The lowest BCUT2D eigenvalue weighted by atomic mass is 10.1. The number of hydrogen-bond donors (Lipinski definition) is 0. The van der Waals surface area contributed by atoms with Gasteiger partial charge in [0, 0.05) is 30.2 Å². The van der Waals surface area contributed by atoms with Gasteiger partial charge in [-0.1, -0.05) is 12.1 Å². The summed E-state index contributed by atoms with van der Waals surface area (Å²) in [5, 5.41) is 0.340. The maximum Gasteiger partial charge on any atom is 0.246 e. The minimum atomic E-state index is 0.0247. The number of amides is 1. The van der Waals surface area contributed by atoms with Crippen molar-refractivity contribution in [1.29, 1.82) is 0 Å². The van der Waals surface area contributed by atoms with E-state index in [1.807, 2.05) is 47.0 Å². The van der Waals surface area contributed by atoms with Gasteiger partial charge in [-0.3, -0.25) is 4.79 Å². The third kappa shape index (κ3) is 4.51. The van der Waals surface area contributed by atoms with Crippen molar-refractivity contribution in [3.63, 3.8) is 0 Å². The van der Waals surface area contributed by atoms with E-state index in [-0.39, 0.29) is 12.7 Å². The fraction of sp³-hybridized carbons (Fsp3) is 0.348. The predicted octanol–water partition coefficient (Wildman–Crippen LogP) is 4.15. The van der Waals surface area contributed by atoms with Gasteiger partial charge >= 0.3 is 0 Å². The van der Waals surface area contributed by atoms with Gasteiger partial charge in [0.25, 0.3) is 0 Å². The zero-order valence-corrected chi connectivity index (χ0v) is 17.9. The Hall–Kier alpha value is -2.80. The molecule has 0 bridgehead atoms. The Kier molecular flexibility index (Phi) is 6.38. The number of nitrogens with zero attached hydrogens (tertiary/aromatic N) is 1. The first-order chi connectivity index (χ1) is 14.7. The Bertz CT molecular complexity index is 945. The monoisotopic (exact) mass is 427 g/mol. The highest BCUT2D eigenvalue weighted by Gasteiger charge is 2.23. The maximum atomic E-state index is 12.7. The lowest BCUT2D eigenvalue weighted by Crippen LogP contribution is -2.31. The molecule has 0 spiro atoms. The first kappa shape index (κ1) is 20.5. The molecule has 1 saturated heterocycles. The van der Waals surface area contributed by atoms with E-state index in [0.717, 1.165) is 42.3 Å². The average molecular weight is 428 g/mol. The summed E-state index contributed by atoms with van der Waals surface area (Å²) in [5.74, 6) is 3.84. The summed E-state index contributed by atoms with van der Waals surface area (Å²) in [7, 11) is 3.20. The van der Waals surface area contributed by atoms with Gasteiger partial charge in [-0.25, -0.2) is 0 Å². The third-order valence-electron chi connectivity index (χ3n) is 5.25. The number of thioether (sulfide) groups is 1. The molecule has 7 heteroatoms.